The van der Waals surface area contributed by atoms with Gasteiger partial charge in [-0.15, -0.1) is 0 Å². The van der Waals surface area contributed by atoms with Gasteiger partial charge in [-0.1, -0.05) is 0 Å². The number of hydrazine groups is 1. The van der Waals surface area contributed by atoms with Crippen LogP contribution < -0.4 is 16.0 Å². The molecule has 1 aromatic rings. The molecule has 2 heterocycles. The summed E-state index contributed by atoms with van der Waals surface area (Å²) in [6.45, 7) is 0.961. The quantitative estimate of drug-likeness (QED) is 0.460. The summed E-state index contributed by atoms with van der Waals surface area (Å²) in [4.78, 5) is 7.48. The van der Waals surface area contributed by atoms with Crippen molar-refractivity contribution in [2.45, 2.75) is 17.4 Å². The van der Waals surface area contributed by atoms with Gasteiger partial charge in [0.25, 0.3) is 0 Å². The Hall–Kier alpha value is -1.29. The molecule has 0 saturated carbocycles. The largest absolute Gasteiger partial charge is 0.380 e. The van der Waals surface area contributed by atoms with Crippen LogP contribution in [0.3, 0.4) is 0 Å². The number of nitrogens with zero attached hydrogens (tertiary/aromatic N) is 2. The highest BCUT2D eigenvalue weighted by Crippen LogP contribution is 2.11. The molecule has 8 nitrogen and oxygen atoms in total. The first kappa shape index (κ1) is 12.2. The van der Waals surface area contributed by atoms with Crippen LogP contribution in [0.25, 0.3) is 0 Å². The summed E-state index contributed by atoms with van der Waals surface area (Å²) in [7, 11) is -3.59. The van der Waals surface area contributed by atoms with E-state index in [1.807, 2.05) is 0 Å². The number of nitrogens with one attached hydrogen (secondary N) is 2. The average Bonchev–Trinajstić information content (AvgIpc) is 2.81. The van der Waals surface area contributed by atoms with Crippen LogP contribution in [0.5, 0.6) is 0 Å². The molecule has 4 N–H and O–H groups in total. The van der Waals surface area contributed by atoms with Crippen LogP contribution in [0, 0.1) is 0 Å². The molecule has 1 fully saturated rings. The van der Waals surface area contributed by atoms with Gasteiger partial charge < -0.3 is 4.74 Å². The van der Waals surface area contributed by atoms with Gasteiger partial charge in [-0.3, -0.25) is 5.43 Å². The molecule has 0 amide bonds. The average molecular weight is 259 g/mol. The second-order valence-electron chi connectivity index (χ2n) is 3.57. The highest BCUT2D eigenvalue weighted by molar-refractivity contribution is 7.89. The van der Waals surface area contributed by atoms with Gasteiger partial charge in [0, 0.05) is 12.6 Å². The van der Waals surface area contributed by atoms with E-state index in [-0.39, 0.29) is 16.9 Å². The summed E-state index contributed by atoms with van der Waals surface area (Å²) in [5.74, 6) is 5.24. The van der Waals surface area contributed by atoms with Crippen LogP contribution in [-0.2, 0) is 14.8 Å². The molecular weight excluding hydrogens is 246 g/mol. The number of hydrogen-bond acceptors (Lipinski definition) is 7. The smallest absolute Gasteiger partial charge is 0.243 e. The summed E-state index contributed by atoms with van der Waals surface area (Å²) in [5.41, 5.74) is 2.22. The maximum atomic E-state index is 11.9. The van der Waals surface area contributed by atoms with Gasteiger partial charge in [0.05, 0.1) is 19.0 Å². The molecule has 0 radical (unpaired) electrons. The first-order chi connectivity index (χ1) is 8.12. The van der Waals surface area contributed by atoms with Crippen molar-refractivity contribution in [2.24, 2.45) is 5.84 Å². The zero-order valence-electron chi connectivity index (χ0n) is 8.96. The van der Waals surface area contributed by atoms with Gasteiger partial charge in [0.15, 0.2) is 0 Å². The number of anilines is 1. The van der Waals surface area contributed by atoms with Crippen molar-refractivity contribution in [1.82, 2.24) is 14.7 Å². The van der Waals surface area contributed by atoms with E-state index in [2.05, 4.69) is 20.1 Å². The van der Waals surface area contributed by atoms with Gasteiger partial charge >= 0.3 is 0 Å². The number of nitrogens with two attached hydrogens (primary N) is 1. The van der Waals surface area contributed by atoms with Crippen molar-refractivity contribution in [3.63, 3.8) is 0 Å². The molecule has 1 aliphatic rings. The lowest BCUT2D eigenvalue weighted by Crippen LogP contribution is -2.35. The number of nitrogen functional groups attached to an aromatic ring is 1. The second-order valence-corrected chi connectivity index (χ2v) is 5.28. The Bertz CT molecular complexity index is 468. The molecule has 17 heavy (non-hydrogen) atoms. The van der Waals surface area contributed by atoms with E-state index in [4.69, 9.17) is 10.6 Å². The Morgan fingerprint density at radius 1 is 1.41 bits per heavy atom. The maximum Gasteiger partial charge on any atom is 0.243 e. The Labute approximate surface area is 98.6 Å². The van der Waals surface area contributed by atoms with Crippen molar-refractivity contribution in [3.8, 4) is 0 Å². The SMILES string of the molecule is NNc1ncc(S(=O)(=O)NC2CCOC2)cn1. The first-order valence-corrected chi connectivity index (χ1v) is 6.49. The molecule has 1 aromatic heterocycles. The highest BCUT2D eigenvalue weighted by Gasteiger charge is 2.23. The molecule has 0 aliphatic carbocycles. The lowest BCUT2D eigenvalue weighted by molar-refractivity contribution is 0.192. The van der Waals surface area contributed by atoms with Crippen LogP contribution in [0.1, 0.15) is 6.42 Å². The van der Waals surface area contributed by atoms with Crippen molar-refractivity contribution in [2.75, 3.05) is 18.6 Å². The number of ether oxygens (including phenoxy) is 1. The molecule has 0 bridgehead atoms. The van der Waals surface area contributed by atoms with E-state index in [1.54, 1.807) is 0 Å². The zero-order valence-corrected chi connectivity index (χ0v) is 9.77. The van der Waals surface area contributed by atoms with Gasteiger partial charge in [0.2, 0.25) is 16.0 Å². The van der Waals surface area contributed by atoms with Crippen molar-refractivity contribution in [3.05, 3.63) is 12.4 Å². The minimum absolute atomic E-state index is 0.00315. The standard InChI is InChI=1S/C8H13N5O3S/c9-12-8-10-3-7(4-11-8)17(14,15)13-6-1-2-16-5-6/h3-4,6,13H,1-2,5,9H2,(H,10,11,12). The third-order valence-electron chi connectivity index (χ3n) is 2.32. The van der Waals surface area contributed by atoms with Crippen LogP contribution in [0.4, 0.5) is 5.95 Å². The molecule has 1 aliphatic heterocycles. The third kappa shape index (κ3) is 2.88. The van der Waals surface area contributed by atoms with E-state index in [0.29, 0.717) is 19.6 Å². The van der Waals surface area contributed by atoms with E-state index < -0.39 is 10.0 Å². The molecule has 94 valence electrons. The summed E-state index contributed by atoms with van der Waals surface area (Å²) < 4.78 is 31.4. The second kappa shape index (κ2) is 4.92. The number of aromatic nitrogens is 2. The molecule has 2 rings (SSSR count). The van der Waals surface area contributed by atoms with Gasteiger partial charge in [-0.2, -0.15) is 0 Å². The fourth-order valence-corrected chi connectivity index (χ4v) is 2.59. The molecule has 0 aromatic carbocycles. The monoisotopic (exact) mass is 259 g/mol. The van der Waals surface area contributed by atoms with Crippen LogP contribution >= 0.6 is 0 Å². The number of hydrogen-bond donors (Lipinski definition) is 3. The zero-order chi connectivity index (χ0) is 12.3. The van der Waals surface area contributed by atoms with Crippen molar-refractivity contribution < 1.29 is 13.2 Å². The predicted molar refractivity (Wildman–Crippen MR) is 59.4 cm³/mol. The maximum absolute atomic E-state index is 11.9. The van der Waals surface area contributed by atoms with E-state index in [0.717, 1.165) is 0 Å². The van der Waals surface area contributed by atoms with Crippen molar-refractivity contribution >= 4 is 16.0 Å². The normalized spacial score (nSPS) is 20.4. The minimum Gasteiger partial charge on any atom is -0.380 e. The lowest BCUT2D eigenvalue weighted by atomic mass is 10.3. The molecule has 9 heteroatoms. The lowest BCUT2D eigenvalue weighted by Gasteiger charge is -2.10. The third-order valence-corrected chi connectivity index (χ3v) is 3.79. The Morgan fingerprint density at radius 2 is 2.12 bits per heavy atom. The van der Waals surface area contributed by atoms with Crippen LogP contribution in [0.2, 0.25) is 0 Å². The fraction of sp³-hybridized carbons (Fsp3) is 0.500. The summed E-state index contributed by atoms with van der Waals surface area (Å²) >= 11 is 0. The summed E-state index contributed by atoms with van der Waals surface area (Å²) in [5, 5.41) is 0. The first-order valence-electron chi connectivity index (χ1n) is 5.00. The van der Waals surface area contributed by atoms with Gasteiger partial charge in [0.1, 0.15) is 4.90 Å². The van der Waals surface area contributed by atoms with E-state index in [9.17, 15) is 8.42 Å². The number of sulfonamides is 1. The minimum atomic E-state index is -3.59. The van der Waals surface area contributed by atoms with Gasteiger partial charge in [-0.25, -0.2) is 29.0 Å². The Balaban J connectivity index is 2.12. The molecule has 1 unspecified atom stereocenters. The fourth-order valence-electron chi connectivity index (χ4n) is 1.44. The van der Waals surface area contributed by atoms with E-state index in [1.165, 1.54) is 12.4 Å². The van der Waals surface area contributed by atoms with Crippen LogP contribution in [-0.4, -0.2) is 37.6 Å². The highest BCUT2D eigenvalue weighted by atomic mass is 32.2. The van der Waals surface area contributed by atoms with E-state index >= 15 is 0 Å². The predicted octanol–water partition coefficient (Wildman–Crippen LogP) is -1.17. The van der Waals surface area contributed by atoms with Gasteiger partial charge in [-0.05, 0) is 6.42 Å². The summed E-state index contributed by atoms with van der Waals surface area (Å²) in [6, 6.07) is -0.188. The molecular formula is C8H13N5O3S. The van der Waals surface area contributed by atoms with Crippen LogP contribution in [0.15, 0.2) is 17.3 Å². The summed E-state index contributed by atoms with van der Waals surface area (Å²) in [6.07, 6.45) is 3.06. The molecule has 0 spiro atoms. The van der Waals surface area contributed by atoms with Crippen molar-refractivity contribution in [1.29, 1.82) is 0 Å². The number of rotatable bonds is 4. The molecule has 1 atom stereocenters. The molecule has 1 saturated heterocycles. The Morgan fingerprint density at radius 3 is 2.65 bits per heavy atom. The topological polar surface area (TPSA) is 119 Å². The Kier molecular flexibility index (Phi) is 3.52.